The third-order valence-electron chi connectivity index (χ3n) is 3.98. The fourth-order valence-electron chi connectivity index (χ4n) is 2.84. The molecule has 0 bridgehead atoms. The Kier molecular flexibility index (Phi) is 3.50. The van der Waals surface area contributed by atoms with Crippen molar-refractivity contribution >= 4 is 28.2 Å². The summed E-state index contributed by atoms with van der Waals surface area (Å²) in [5.41, 5.74) is 3.72. The van der Waals surface area contributed by atoms with Crippen molar-refractivity contribution in [3.8, 4) is 22.6 Å². The predicted octanol–water partition coefficient (Wildman–Crippen LogP) is 4.22. The summed E-state index contributed by atoms with van der Waals surface area (Å²) in [5.74, 6) is 1.45. The second kappa shape index (κ2) is 5.69. The highest BCUT2D eigenvalue weighted by atomic mass is 35.5. The molecule has 120 valence electrons. The summed E-state index contributed by atoms with van der Waals surface area (Å²) in [6.07, 6.45) is 5.44. The Balaban J connectivity index is 2.06. The van der Waals surface area contributed by atoms with E-state index in [2.05, 4.69) is 16.0 Å². The van der Waals surface area contributed by atoms with Gasteiger partial charge in [0.2, 0.25) is 0 Å². The smallest absolute Gasteiger partial charge is 0.145 e. The van der Waals surface area contributed by atoms with E-state index in [9.17, 15) is 0 Å². The molecule has 0 unspecified atom stereocenters. The summed E-state index contributed by atoms with van der Waals surface area (Å²) in [7, 11) is 3.27. The Morgan fingerprint density at radius 1 is 0.958 bits per heavy atom. The number of aromatic nitrogens is 3. The molecule has 0 radical (unpaired) electrons. The summed E-state index contributed by atoms with van der Waals surface area (Å²) in [6, 6.07) is 9.65. The van der Waals surface area contributed by atoms with Gasteiger partial charge in [-0.2, -0.15) is 0 Å². The number of fused-ring (bicyclic) bond motifs is 3. The average Bonchev–Trinajstić information content (AvgIpc) is 3.10. The molecule has 24 heavy (non-hydrogen) atoms. The van der Waals surface area contributed by atoms with E-state index in [1.165, 1.54) is 0 Å². The Morgan fingerprint density at radius 3 is 2.42 bits per heavy atom. The molecular formula is C18H14ClN3O2. The lowest BCUT2D eigenvalue weighted by Crippen LogP contribution is -1.94. The first-order chi connectivity index (χ1) is 11.7. The number of nitrogens with zero attached hydrogens (tertiary/aromatic N) is 3. The monoisotopic (exact) mass is 339 g/mol. The Bertz CT molecular complexity index is 1040. The Hall–Kier alpha value is -2.79. The van der Waals surface area contributed by atoms with E-state index in [0.29, 0.717) is 5.15 Å². The van der Waals surface area contributed by atoms with Gasteiger partial charge in [-0.05, 0) is 23.8 Å². The maximum Gasteiger partial charge on any atom is 0.145 e. The number of imidazole rings is 1. The van der Waals surface area contributed by atoms with E-state index in [1.807, 2.05) is 34.9 Å². The lowest BCUT2D eigenvalue weighted by molar-refractivity contribution is 0.394. The summed E-state index contributed by atoms with van der Waals surface area (Å²) in [6.45, 7) is 0. The lowest BCUT2D eigenvalue weighted by Gasteiger charge is -2.11. The fourth-order valence-corrected chi connectivity index (χ4v) is 3.00. The highest BCUT2D eigenvalue weighted by Gasteiger charge is 2.12. The molecule has 3 heterocycles. The normalized spacial score (nSPS) is 11.1. The van der Waals surface area contributed by atoms with Gasteiger partial charge in [0.1, 0.15) is 22.3 Å². The van der Waals surface area contributed by atoms with Crippen LogP contribution in [0.25, 0.3) is 27.7 Å². The van der Waals surface area contributed by atoms with E-state index >= 15 is 0 Å². The van der Waals surface area contributed by atoms with Crippen LogP contribution < -0.4 is 9.47 Å². The Morgan fingerprint density at radius 2 is 1.71 bits per heavy atom. The minimum absolute atomic E-state index is 0.452. The molecule has 0 aliphatic rings. The van der Waals surface area contributed by atoms with E-state index in [-0.39, 0.29) is 0 Å². The molecule has 0 aliphatic heterocycles. The number of rotatable bonds is 3. The van der Waals surface area contributed by atoms with Gasteiger partial charge in [0.05, 0.1) is 19.7 Å². The first-order valence-corrected chi connectivity index (χ1v) is 7.72. The van der Waals surface area contributed by atoms with Gasteiger partial charge in [0.15, 0.2) is 0 Å². The van der Waals surface area contributed by atoms with Gasteiger partial charge in [-0.3, -0.25) is 4.40 Å². The van der Waals surface area contributed by atoms with Crippen LogP contribution in [-0.4, -0.2) is 28.6 Å². The predicted molar refractivity (Wildman–Crippen MR) is 94.0 cm³/mol. The molecule has 0 saturated heterocycles. The highest BCUT2D eigenvalue weighted by Crippen LogP contribution is 2.34. The van der Waals surface area contributed by atoms with Gasteiger partial charge in [0.25, 0.3) is 0 Å². The second-order valence-electron chi connectivity index (χ2n) is 5.35. The van der Waals surface area contributed by atoms with Gasteiger partial charge in [-0.15, -0.1) is 0 Å². The largest absolute Gasteiger partial charge is 0.497 e. The Labute approximate surface area is 143 Å². The van der Waals surface area contributed by atoms with Gasteiger partial charge in [0, 0.05) is 41.7 Å². The maximum atomic E-state index is 6.04. The van der Waals surface area contributed by atoms with Gasteiger partial charge in [-0.25, -0.2) is 9.97 Å². The first kappa shape index (κ1) is 14.8. The topological polar surface area (TPSA) is 48.7 Å². The zero-order chi connectivity index (χ0) is 16.7. The molecule has 5 nitrogen and oxygen atoms in total. The number of hydrogen-bond donors (Lipinski definition) is 0. The standard InChI is InChI=1S/C18H14ClN3O2/c1-23-13-5-11(6-14(8-13)24-2)15-7-12-10-21-17(19)9-16(12)22-4-3-20-18(15)22/h3-10H,1-2H3. The molecule has 0 spiro atoms. The molecule has 0 amide bonds. The van der Waals surface area contributed by atoms with Crippen molar-refractivity contribution < 1.29 is 9.47 Å². The number of pyridine rings is 2. The molecule has 0 fully saturated rings. The molecule has 0 atom stereocenters. The molecule has 0 saturated carbocycles. The summed E-state index contributed by atoms with van der Waals surface area (Å²) in [4.78, 5) is 8.69. The van der Waals surface area contributed by atoms with Gasteiger partial charge >= 0.3 is 0 Å². The second-order valence-corrected chi connectivity index (χ2v) is 5.73. The van der Waals surface area contributed by atoms with Crippen molar-refractivity contribution in [1.29, 1.82) is 0 Å². The number of benzene rings is 1. The number of hydrogen-bond acceptors (Lipinski definition) is 4. The molecule has 4 aromatic rings. The van der Waals surface area contributed by atoms with Crippen LogP contribution in [0.15, 0.2) is 48.9 Å². The zero-order valence-electron chi connectivity index (χ0n) is 13.2. The molecule has 6 heteroatoms. The number of methoxy groups -OCH3 is 2. The van der Waals surface area contributed by atoms with Crippen LogP contribution in [-0.2, 0) is 0 Å². The summed E-state index contributed by atoms with van der Waals surface area (Å²) in [5, 5.41) is 1.43. The van der Waals surface area contributed by atoms with Crippen LogP contribution in [0, 0.1) is 0 Å². The van der Waals surface area contributed by atoms with Crippen molar-refractivity contribution in [2.45, 2.75) is 0 Å². The number of ether oxygens (including phenoxy) is 2. The zero-order valence-corrected chi connectivity index (χ0v) is 13.9. The highest BCUT2D eigenvalue weighted by molar-refractivity contribution is 6.30. The van der Waals surface area contributed by atoms with E-state index in [1.54, 1.807) is 26.6 Å². The fraction of sp³-hybridized carbons (Fsp3) is 0.111. The van der Waals surface area contributed by atoms with Crippen molar-refractivity contribution in [1.82, 2.24) is 14.4 Å². The van der Waals surface area contributed by atoms with Crippen LogP contribution in [0.2, 0.25) is 5.15 Å². The van der Waals surface area contributed by atoms with Crippen molar-refractivity contribution in [2.24, 2.45) is 0 Å². The number of halogens is 1. The minimum Gasteiger partial charge on any atom is -0.497 e. The van der Waals surface area contributed by atoms with Crippen molar-refractivity contribution in [3.63, 3.8) is 0 Å². The molecule has 3 aromatic heterocycles. The van der Waals surface area contributed by atoms with Crippen LogP contribution in [0.4, 0.5) is 0 Å². The summed E-state index contributed by atoms with van der Waals surface area (Å²) < 4.78 is 12.8. The average molecular weight is 340 g/mol. The quantitative estimate of drug-likeness (QED) is 0.524. The molecule has 0 aliphatic carbocycles. The third-order valence-corrected chi connectivity index (χ3v) is 4.19. The SMILES string of the molecule is COc1cc(OC)cc(-c2cc3cnc(Cl)cc3n3ccnc23)c1. The maximum absolute atomic E-state index is 6.04. The van der Waals surface area contributed by atoms with Crippen LogP contribution in [0.1, 0.15) is 0 Å². The summed E-state index contributed by atoms with van der Waals surface area (Å²) >= 11 is 6.04. The first-order valence-electron chi connectivity index (χ1n) is 7.34. The van der Waals surface area contributed by atoms with Crippen molar-refractivity contribution in [2.75, 3.05) is 14.2 Å². The van der Waals surface area contributed by atoms with Gasteiger partial charge < -0.3 is 9.47 Å². The minimum atomic E-state index is 0.452. The van der Waals surface area contributed by atoms with E-state index < -0.39 is 0 Å². The molecule has 1 aromatic carbocycles. The lowest BCUT2D eigenvalue weighted by atomic mass is 10.0. The molecular weight excluding hydrogens is 326 g/mol. The van der Waals surface area contributed by atoms with Crippen molar-refractivity contribution in [3.05, 3.63) is 54.1 Å². The van der Waals surface area contributed by atoms with Crippen LogP contribution in [0.5, 0.6) is 11.5 Å². The van der Waals surface area contributed by atoms with Crippen LogP contribution in [0.3, 0.4) is 0 Å². The van der Waals surface area contributed by atoms with E-state index in [0.717, 1.165) is 39.2 Å². The van der Waals surface area contributed by atoms with E-state index in [4.69, 9.17) is 21.1 Å². The molecule has 0 N–H and O–H groups in total. The third kappa shape index (κ3) is 2.34. The molecule has 4 rings (SSSR count). The van der Waals surface area contributed by atoms with Gasteiger partial charge in [-0.1, -0.05) is 11.6 Å². The van der Waals surface area contributed by atoms with Crippen LogP contribution >= 0.6 is 11.6 Å².